The standard InChI is InChI=1S/C15H19Br3O/c16-10-15(8-3-1-2-4-9-15)11-19-14-12(17)6-5-7-13(14)18/h5-7H,1-4,8-11H2. The molecule has 0 saturated heterocycles. The van der Waals surface area contributed by atoms with Crippen molar-refractivity contribution in [3.05, 3.63) is 27.1 Å². The number of halogens is 3. The van der Waals surface area contributed by atoms with E-state index in [0.29, 0.717) is 5.41 Å². The van der Waals surface area contributed by atoms with Gasteiger partial charge in [0.25, 0.3) is 0 Å². The highest BCUT2D eigenvalue weighted by Gasteiger charge is 2.31. The molecule has 0 aromatic heterocycles. The van der Waals surface area contributed by atoms with E-state index in [0.717, 1.165) is 26.6 Å². The Morgan fingerprint density at radius 1 is 1.00 bits per heavy atom. The van der Waals surface area contributed by atoms with Crippen molar-refractivity contribution in [3.8, 4) is 5.75 Å². The molecule has 1 aromatic rings. The summed E-state index contributed by atoms with van der Waals surface area (Å²) in [5.74, 6) is 0.923. The Bertz CT molecular complexity index is 392. The summed E-state index contributed by atoms with van der Waals surface area (Å²) in [5, 5.41) is 1.03. The van der Waals surface area contributed by atoms with Crippen molar-refractivity contribution in [2.24, 2.45) is 5.41 Å². The van der Waals surface area contributed by atoms with E-state index in [-0.39, 0.29) is 0 Å². The molecule has 0 spiro atoms. The molecule has 2 rings (SSSR count). The highest BCUT2D eigenvalue weighted by atomic mass is 79.9. The number of ether oxygens (including phenoxy) is 1. The van der Waals surface area contributed by atoms with Crippen LogP contribution in [0.5, 0.6) is 5.75 Å². The fourth-order valence-electron chi connectivity index (χ4n) is 2.64. The third-order valence-electron chi connectivity index (χ3n) is 3.89. The van der Waals surface area contributed by atoms with Gasteiger partial charge in [-0.3, -0.25) is 0 Å². The first kappa shape index (κ1) is 15.8. The third kappa shape index (κ3) is 4.21. The van der Waals surface area contributed by atoms with Gasteiger partial charge in [-0.15, -0.1) is 0 Å². The number of rotatable bonds is 4. The molecule has 0 amide bonds. The molecular weight excluding hydrogens is 436 g/mol. The summed E-state index contributed by atoms with van der Waals surface area (Å²) >= 11 is 10.8. The fourth-order valence-corrected chi connectivity index (χ4v) is 4.59. The summed E-state index contributed by atoms with van der Waals surface area (Å²) in [4.78, 5) is 0. The normalized spacial score (nSPS) is 18.9. The molecule has 1 nitrogen and oxygen atoms in total. The molecule has 0 heterocycles. The highest BCUT2D eigenvalue weighted by Crippen LogP contribution is 2.39. The SMILES string of the molecule is BrCC1(COc2c(Br)cccc2Br)CCCCCC1. The first-order valence-corrected chi connectivity index (χ1v) is 9.50. The average molecular weight is 455 g/mol. The van der Waals surface area contributed by atoms with Crippen LogP contribution in [-0.4, -0.2) is 11.9 Å². The highest BCUT2D eigenvalue weighted by molar-refractivity contribution is 9.11. The van der Waals surface area contributed by atoms with Crippen molar-refractivity contribution < 1.29 is 4.74 Å². The first-order valence-electron chi connectivity index (χ1n) is 6.80. The topological polar surface area (TPSA) is 9.23 Å². The van der Waals surface area contributed by atoms with Crippen LogP contribution >= 0.6 is 47.8 Å². The number of hydrogen-bond donors (Lipinski definition) is 0. The van der Waals surface area contributed by atoms with Crippen molar-refractivity contribution in [3.63, 3.8) is 0 Å². The maximum Gasteiger partial charge on any atom is 0.147 e. The Morgan fingerprint density at radius 3 is 2.11 bits per heavy atom. The number of hydrogen-bond acceptors (Lipinski definition) is 1. The van der Waals surface area contributed by atoms with Crippen LogP contribution < -0.4 is 4.74 Å². The molecule has 106 valence electrons. The molecule has 1 aliphatic carbocycles. The van der Waals surface area contributed by atoms with E-state index >= 15 is 0 Å². The van der Waals surface area contributed by atoms with Crippen LogP contribution in [0, 0.1) is 5.41 Å². The second kappa shape index (κ2) is 7.46. The molecular formula is C15H19Br3O. The van der Waals surface area contributed by atoms with Gasteiger partial charge in [0, 0.05) is 10.7 Å². The van der Waals surface area contributed by atoms with Crippen LogP contribution in [0.2, 0.25) is 0 Å². The number of para-hydroxylation sites is 1. The summed E-state index contributed by atoms with van der Waals surface area (Å²) in [7, 11) is 0. The van der Waals surface area contributed by atoms with E-state index in [4.69, 9.17) is 4.74 Å². The van der Waals surface area contributed by atoms with Gasteiger partial charge in [-0.2, -0.15) is 0 Å². The van der Waals surface area contributed by atoms with Gasteiger partial charge in [0.05, 0.1) is 15.6 Å². The Kier molecular flexibility index (Phi) is 6.22. The van der Waals surface area contributed by atoms with E-state index in [1.165, 1.54) is 38.5 Å². The zero-order valence-corrected chi connectivity index (χ0v) is 15.7. The molecule has 0 N–H and O–H groups in total. The van der Waals surface area contributed by atoms with E-state index in [2.05, 4.69) is 47.8 Å². The quantitative estimate of drug-likeness (QED) is 0.381. The predicted molar refractivity (Wildman–Crippen MR) is 91.3 cm³/mol. The molecule has 4 heteroatoms. The summed E-state index contributed by atoms with van der Waals surface area (Å²) < 4.78 is 8.16. The molecule has 1 fully saturated rings. The molecule has 0 bridgehead atoms. The molecule has 1 aromatic carbocycles. The summed E-state index contributed by atoms with van der Waals surface area (Å²) in [6.45, 7) is 0.791. The van der Waals surface area contributed by atoms with E-state index < -0.39 is 0 Å². The second-order valence-electron chi connectivity index (χ2n) is 5.39. The lowest BCUT2D eigenvalue weighted by atomic mass is 9.83. The van der Waals surface area contributed by atoms with Crippen molar-refractivity contribution in [2.75, 3.05) is 11.9 Å². The molecule has 1 aliphatic rings. The maximum absolute atomic E-state index is 6.13. The Morgan fingerprint density at radius 2 is 1.58 bits per heavy atom. The molecule has 19 heavy (non-hydrogen) atoms. The first-order chi connectivity index (χ1) is 9.17. The lowest BCUT2D eigenvalue weighted by Gasteiger charge is -2.31. The van der Waals surface area contributed by atoms with Crippen molar-refractivity contribution in [1.29, 1.82) is 0 Å². The van der Waals surface area contributed by atoms with Gasteiger partial charge in [0.1, 0.15) is 5.75 Å². The van der Waals surface area contributed by atoms with E-state index in [1.54, 1.807) is 0 Å². The van der Waals surface area contributed by atoms with E-state index in [1.807, 2.05) is 18.2 Å². The fraction of sp³-hybridized carbons (Fsp3) is 0.600. The smallest absolute Gasteiger partial charge is 0.147 e. The summed E-state index contributed by atoms with van der Waals surface area (Å²) in [6, 6.07) is 6.05. The van der Waals surface area contributed by atoms with Gasteiger partial charge in [0.15, 0.2) is 0 Å². The Balaban J connectivity index is 2.06. The van der Waals surface area contributed by atoms with Gasteiger partial charge in [0.2, 0.25) is 0 Å². The monoisotopic (exact) mass is 452 g/mol. The summed E-state index contributed by atoms with van der Waals surface area (Å²) in [5.41, 5.74) is 0.297. The molecule has 1 saturated carbocycles. The van der Waals surface area contributed by atoms with Gasteiger partial charge in [-0.1, -0.05) is 47.7 Å². The van der Waals surface area contributed by atoms with Gasteiger partial charge < -0.3 is 4.74 Å². The molecule has 0 aliphatic heterocycles. The van der Waals surface area contributed by atoms with Crippen LogP contribution in [0.1, 0.15) is 38.5 Å². The van der Waals surface area contributed by atoms with Crippen molar-refractivity contribution in [2.45, 2.75) is 38.5 Å². The van der Waals surface area contributed by atoms with Crippen LogP contribution in [0.3, 0.4) is 0 Å². The lowest BCUT2D eigenvalue weighted by Crippen LogP contribution is -2.30. The number of benzene rings is 1. The zero-order valence-electron chi connectivity index (χ0n) is 10.9. The number of alkyl halides is 1. The third-order valence-corrected chi connectivity index (χ3v) is 6.33. The predicted octanol–water partition coefficient (Wildman–Crippen LogP) is 6.33. The molecule has 0 radical (unpaired) electrons. The van der Waals surface area contributed by atoms with Gasteiger partial charge in [-0.05, 0) is 56.8 Å². The molecule has 0 atom stereocenters. The second-order valence-corrected chi connectivity index (χ2v) is 7.66. The minimum absolute atomic E-state index is 0.297. The molecule has 0 unspecified atom stereocenters. The Labute approximate surface area is 140 Å². The minimum atomic E-state index is 0.297. The minimum Gasteiger partial charge on any atom is -0.491 e. The van der Waals surface area contributed by atoms with Crippen molar-refractivity contribution in [1.82, 2.24) is 0 Å². The van der Waals surface area contributed by atoms with E-state index in [9.17, 15) is 0 Å². The van der Waals surface area contributed by atoms with Crippen LogP contribution in [0.4, 0.5) is 0 Å². The summed E-state index contributed by atoms with van der Waals surface area (Å²) in [6.07, 6.45) is 7.92. The van der Waals surface area contributed by atoms with Crippen LogP contribution in [-0.2, 0) is 0 Å². The Hall–Kier alpha value is 0.460. The average Bonchev–Trinajstić information content (AvgIpc) is 2.64. The zero-order chi connectivity index (χ0) is 13.7. The van der Waals surface area contributed by atoms with Gasteiger partial charge >= 0.3 is 0 Å². The van der Waals surface area contributed by atoms with Crippen LogP contribution in [0.25, 0.3) is 0 Å². The largest absolute Gasteiger partial charge is 0.491 e. The van der Waals surface area contributed by atoms with Crippen molar-refractivity contribution >= 4 is 47.8 Å². The van der Waals surface area contributed by atoms with Crippen LogP contribution in [0.15, 0.2) is 27.1 Å². The van der Waals surface area contributed by atoms with Gasteiger partial charge in [-0.25, -0.2) is 0 Å². The lowest BCUT2D eigenvalue weighted by molar-refractivity contribution is 0.148. The maximum atomic E-state index is 6.13.